The fourth-order valence-corrected chi connectivity index (χ4v) is 167. The molecule has 0 N–H and O–H groups in total. The molecule has 21 heteroatoms. The summed E-state index contributed by atoms with van der Waals surface area (Å²) in [4.78, 5) is 0. The minimum absolute atomic E-state index is 0.0216. The van der Waals surface area contributed by atoms with Gasteiger partial charge in [0.1, 0.15) is 0 Å². The summed E-state index contributed by atoms with van der Waals surface area (Å²) in [5, 5.41) is 0.951. The van der Waals surface area contributed by atoms with E-state index in [9.17, 15) is 0 Å². The Kier molecular flexibility index (Phi) is 23.4. The van der Waals surface area contributed by atoms with Crippen molar-refractivity contribution in [1.29, 1.82) is 0 Å². The lowest BCUT2D eigenvalue weighted by Crippen LogP contribution is -1.90. The molecule has 0 heterocycles. The molecule has 0 nitrogen and oxygen atoms in total. The van der Waals surface area contributed by atoms with Gasteiger partial charge in [-0.05, 0) is 63.8 Å². The second kappa shape index (κ2) is 16.6. The van der Waals surface area contributed by atoms with Gasteiger partial charge < -0.3 is 0 Å². The highest BCUT2D eigenvalue weighted by Gasteiger charge is 2.44. The Morgan fingerprint density at radius 1 is 0.318 bits per heavy atom. The predicted molar refractivity (Wildman–Crippen MR) is 183 cm³/mol. The van der Waals surface area contributed by atoms with Crippen molar-refractivity contribution in [1.82, 2.24) is 0 Å². The smallest absolute Gasteiger partial charge is 0.0461 e. The Labute approximate surface area is 174 Å². The fraction of sp³-hybridized carbons (Fsp3) is 1.00. The van der Waals surface area contributed by atoms with Crippen molar-refractivity contribution in [2.24, 2.45) is 0 Å². The molecule has 12 atom stereocenters. The van der Waals surface area contributed by atoms with Crippen LogP contribution in [0.15, 0.2) is 0 Å². The first-order chi connectivity index (χ1) is 9.93. The molecule has 0 aromatic rings. The summed E-state index contributed by atoms with van der Waals surface area (Å²) in [5.41, 5.74) is 0. The number of hydrogen-bond donors (Lipinski definition) is 0. The third kappa shape index (κ3) is 11.2. The molecule has 0 saturated carbocycles. The topological polar surface area (TPSA) is 0 Å². The van der Waals surface area contributed by atoms with Crippen LogP contribution < -0.4 is 0 Å². The zero-order chi connectivity index (χ0) is 17.8. The van der Waals surface area contributed by atoms with Gasteiger partial charge in [-0.1, -0.05) is 0 Å². The molecule has 12 unspecified atom stereocenters. The van der Waals surface area contributed by atoms with E-state index < -0.39 is 0 Å². The van der Waals surface area contributed by atoms with Gasteiger partial charge in [-0.3, -0.25) is 0 Å². The minimum atomic E-state index is -0.0216. The molecule has 0 aromatic carbocycles. The fourth-order valence-electron chi connectivity index (χ4n) is 1.35. The highest BCUT2D eigenvalue weighted by atomic mass is 33.0. The van der Waals surface area contributed by atoms with Crippen LogP contribution in [-0.2, 0) is 0 Å². The first kappa shape index (κ1) is 31.0. The molecule has 0 aliphatic carbocycles. The van der Waals surface area contributed by atoms with Crippen LogP contribution in [0.3, 0.4) is 0 Å². The molecular weight excluding hydrogens is 662 g/mol. The summed E-state index contributed by atoms with van der Waals surface area (Å²) in [5.74, 6) is 0. The molecule has 0 radical (unpaired) electrons. The Hall–Kier alpha value is 9.03. The minimum Gasteiger partial charge on any atom is -0.102 e. The SMILES string of the molecule is PP(P)P(C(P(P(P)P)P(P)P)P(P(P)P)P(P)P)P(P)P. The van der Waals surface area contributed by atoms with E-state index in [1.807, 2.05) is 0 Å². The molecule has 0 spiro atoms. The van der Waals surface area contributed by atoms with Crippen molar-refractivity contribution in [3.8, 4) is 0 Å². The Morgan fingerprint density at radius 2 is 0.455 bits per heavy atom. The van der Waals surface area contributed by atoms with Crippen molar-refractivity contribution in [2.75, 3.05) is 0 Å². The maximum atomic E-state index is 3.17. The maximum Gasteiger partial charge on any atom is 0.0461 e. The third-order valence-corrected chi connectivity index (χ3v) is 88.5. The third-order valence-electron chi connectivity index (χ3n) is 2.04. The standard InChI is InChI=1S/CH25P21/c2-17(3)14(18(4)5)1(15(19(6)7)20(8)9)16(21(10)11)22(12)13/h1H,2-13H2. The summed E-state index contributed by atoms with van der Waals surface area (Å²) >= 11 is 0. The van der Waals surface area contributed by atoms with Crippen molar-refractivity contribution < 1.29 is 0 Å². The van der Waals surface area contributed by atoms with Crippen molar-refractivity contribution in [3.05, 3.63) is 0 Å². The van der Waals surface area contributed by atoms with E-state index in [2.05, 4.69) is 107 Å². The van der Waals surface area contributed by atoms with E-state index in [-0.39, 0.29) is 63.8 Å². The van der Waals surface area contributed by atoms with Gasteiger partial charge in [0.05, 0.1) is 0 Å². The largest absolute Gasteiger partial charge is 0.102 e. The molecule has 0 aliphatic heterocycles. The highest BCUT2D eigenvalue weighted by Crippen LogP contribution is 3.17. The lowest BCUT2D eigenvalue weighted by atomic mass is 11.9. The van der Waals surface area contributed by atoms with Crippen molar-refractivity contribution in [2.45, 2.75) is 5.14 Å². The van der Waals surface area contributed by atoms with Crippen LogP contribution in [0.1, 0.15) is 0 Å². The molecule has 22 heavy (non-hydrogen) atoms. The monoisotopic (exact) mass is 688 g/mol. The van der Waals surface area contributed by atoms with Crippen LogP contribution in [0.2, 0.25) is 0 Å². The average Bonchev–Trinajstić information content (AvgIpc) is 2.24. The van der Waals surface area contributed by atoms with Gasteiger partial charge in [0, 0.05) is 5.14 Å². The summed E-state index contributed by atoms with van der Waals surface area (Å²) in [6.07, 6.45) is 0. The van der Waals surface area contributed by atoms with Crippen LogP contribution in [0.5, 0.6) is 0 Å². The molecule has 0 bridgehead atoms. The van der Waals surface area contributed by atoms with Crippen LogP contribution in [0, 0.1) is 0 Å². The van der Waals surface area contributed by atoms with E-state index in [1.54, 1.807) is 0 Å². The van der Waals surface area contributed by atoms with Crippen molar-refractivity contribution in [3.63, 3.8) is 0 Å². The first-order valence-corrected chi connectivity index (χ1v) is 41.0. The summed E-state index contributed by atoms with van der Waals surface area (Å²) in [6.45, 7) is -0.130. The van der Waals surface area contributed by atoms with E-state index in [4.69, 9.17) is 0 Å². The van der Waals surface area contributed by atoms with E-state index >= 15 is 0 Å². The second-order valence-electron chi connectivity index (χ2n) is 3.59. The number of hydrogen-bond acceptors (Lipinski definition) is 0. The normalized spacial score (nSPS) is 13.9. The summed E-state index contributed by atoms with van der Waals surface area (Å²) in [6, 6.07) is 0. The second-order valence-corrected chi connectivity index (χ2v) is 78.2. The van der Waals surface area contributed by atoms with E-state index in [0.29, 0.717) is 0 Å². The average molecular weight is 688 g/mol. The Bertz CT molecular complexity index is 217. The van der Waals surface area contributed by atoms with Crippen LogP contribution in [0.4, 0.5) is 0 Å². The predicted octanol–water partition coefficient (Wildman–Crippen LogP) is 11.6. The van der Waals surface area contributed by atoms with Gasteiger partial charge >= 0.3 is 0 Å². The van der Waals surface area contributed by atoms with Gasteiger partial charge in [-0.25, -0.2) is 0 Å². The lowest BCUT2D eigenvalue weighted by molar-refractivity contribution is 2.05. The number of rotatable bonds is 9. The van der Waals surface area contributed by atoms with Crippen molar-refractivity contribution >= 4 is 171 Å². The summed E-state index contributed by atoms with van der Waals surface area (Å²) < 4.78 is 0. The summed E-state index contributed by atoms with van der Waals surface area (Å²) in [7, 11) is 38.2. The maximum absolute atomic E-state index is 3.17. The molecule has 134 valence electrons. The highest BCUT2D eigenvalue weighted by molar-refractivity contribution is 9.07. The molecule has 0 saturated heterocycles. The van der Waals surface area contributed by atoms with Gasteiger partial charge in [-0.2, -0.15) is 0 Å². The molecule has 0 aliphatic rings. The molecule has 0 aromatic heterocycles. The Balaban J connectivity index is 6.03. The van der Waals surface area contributed by atoms with E-state index in [1.165, 1.54) is 0 Å². The van der Waals surface area contributed by atoms with Gasteiger partial charge in [0.25, 0.3) is 0 Å². The van der Waals surface area contributed by atoms with Crippen LogP contribution in [-0.4, -0.2) is 5.14 Å². The molecule has 0 fully saturated rings. The quantitative estimate of drug-likeness (QED) is 0.212. The first-order valence-electron chi connectivity index (χ1n) is 5.07. The van der Waals surface area contributed by atoms with Crippen LogP contribution in [0.25, 0.3) is 0 Å². The zero-order valence-electron chi connectivity index (χ0n) is 11.5. The van der Waals surface area contributed by atoms with Gasteiger partial charge in [0.2, 0.25) is 0 Å². The molecule has 0 rings (SSSR count). The Morgan fingerprint density at radius 3 is 0.545 bits per heavy atom. The molecule has 0 amide bonds. The molecular formula is CH25P21. The van der Waals surface area contributed by atoms with Crippen LogP contribution >= 0.6 is 171 Å². The zero-order valence-corrected chi connectivity index (χ0v) is 33.4. The van der Waals surface area contributed by atoms with Gasteiger partial charge in [-0.15, -0.1) is 107 Å². The van der Waals surface area contributed by atoms with E-state index in [0.717, 1.165) is 5.14 Å². The lowest BCUT2D eigenvalue weighted by Gasteiger charge is -2.47. The van der Waals surface area contributed by atoms with Gasteiger partial charge in [0.15, 0.2) is 0 Å².